The van der Waals surface area contributed by atoms with E-state index in [-0.39, 0.29) is 33.7 Å². The zero-order valence-corrected chi connectivity index (χ0v) is 38.3. The predicted octanol–water partition coefficient (Wildman–Crippen LogP) is 8.10. The number of nitrogens with two attached hydrogens (primary N) is 1. The van der Waals surface area contributed by atoms with Crippen LogP contribution in [0.5, 0.6) is 23.0 Å². The first kappa shape index (κ1) is 45.6. The molecule has 6 heterocycles. The molecule has 0 saturated carbocycles. The van der Waals surface area contributed by atoms with Gasteiger partial charge in [-0.2, -0.15) is 0 Å². The number of hydrogen-bond acceptors (Lipinski definition) is 15. The molecule has 4 aliphatic rings. The van der Waals surface area contributed by atoms with Crippen LogP contribution in [-0.2, 0) is 28.5 Å². The number of para-hydroxylation sites is 8. The molecule has 0 bridgehead atoms. The molecule has 0 aliphatic carbocycles. The first-order chi connectivity index (χ1) is 30.2. The Kier molecular flexibility index (Phi) is 13.9. The number of nitrogens with zero attached hydrogens (tertiary/aromatic N) is 2. The number of hydrogen-bond donors (Lipinski definition) is 4. The van der Waals surface area contributed by atoms with E-state index in [1.807, 2.05) is 102 Å². The Morgan fingerprint density at radius 1 is 0.571 bits per heavy atom. The third kappa shape index (κ3) is 9.98. The van der Waals surface area contributed by atoms with Gasteiger partial charge in [-0.1, -0.05) is 71.7 Å². The molecule has 6 aromatic rings. The number of rotatable bonds is 6. The molecule has 0 spiro atoms. The highest BCUT2D eigenvalue weighted by Crippen LogP contribution is 2.49. The molecule has 14 nitrogen and oxygen atoms in total. The average Bonchev–Trinajstić information content (AvgIpc) is 3.93. The van der Waals surface area contributed by atoms with Crippen LogP contribution in [-0.4, -0.2) is 89.9 Å². The van der Waals surface area contributed by atoms with E-state index < -0.39 is 43.4 Å². The minimum Gasteiger partial charge on any atom is -0.453 e. The molecule has 4 aromatic carbocycles. The van der Waals surface area contributed by atoms with E-state index in [0.717, 1.165) is 56.9 Å². The van der Waals surface area contributed by atoms with E-state index in [2.05, 4.69) is 9.62 Å². The van der Waals surface area contributed by atoms with Gasteiger partial charge in [0, 0.05) is 10.7 Å². The fourth-order valence-corrected chi connectivity index (χ4v) is 12.4. The van der Waals surface area contributed by atoms with Gasteiger partial charge in [-0.05, 0) is 72.8 Å². The molecule has 2 aromatic heterocycles. The number of aliphatic hydroxyl groups excluding tert-OH is 2. The van der Waals surface area contributed by atoms with Crippen LogP contribution < -0.4 is 29.7 Å². The van der Waals surface area contributed by atoms with E-state index >= 15 is 0 Å². The van der Waals surface area contributed by atoms with Gasteiger partial charge in [0.25, 0.3) is 19.1 Å². The molecule has 0 radical (unpaired) electrons. The van der Waals surface area contributed by atoms with Crippen molar-refractivity contribution in [2.45, 2.75) is 44.8 Å². The molecule has 2 fully saturated rings. The highest BCUT2D eigenvalue weighted by Gasteiger charge is 2.42. The van der Waals surface area contributed by atoms with Gasteiger partial charge in [-0.15, -0.1) is 22.7 Å². The predicted molar refractivity (Wildman–Crippen MR) is 245 cm³/mol. The smallest absolute Gasteiger partial charge is 0.270 e. The number of sulfonamides is 1. The lowest BCUT2D eigenvalue weighted by Gasteiger charge is -2.44. The van der Waals surface area contributed by atoms with E-state index in [1.165, 1.54) is 24.3 Å². The molecule has 332 valence electrons. The maximum Gasteiger partial charge on any atom is 0.270 e. The zero-order valence-electron chi connectivity index (χ0n) is 32.7. The third-order valence-corrected chi connectivity index (χ3v) is 16.9. The molecule has 0 unspecified atom stereocenters. The van der Waals surface area contributed by atoms with Crippen molar-refractivity contribution < 1.29 is 46.0 Å². The van der Waals surface area contributed by atoms with Gasteiger partial charge < -0.3 is 44.7 Å². The molecule has 5 N–H and O–H groups in total. The summed E-state index contributed by atoms with van der Waals surface area (Å²) >= 11 is 13.3. The minimum atomic E-state index is -3.85. The van der Waals surface area contributed by atoms with Crippen molar-refractivity contribution in [3.63, 3.8) is 0 Å². The Bertz CT molecular complexity index is 2710. The van der Waals surface area contributed by atoms with E-state index in [9.17, 15) is 27.0 Å². The third-order valence-electron chi connectivity index (χ3n) is 10.3. The second kappa shape index (κ2) is 19.2. The Morgan fingerprint density at radius 3 is 1.37 bits per heavy atom. The summed E-state index contributed by atoms with van der Waals surface area (Å²) in [5.74, 6) is 2.86. The molecule has 10 rings (SSSR count). The highest BCUT2D eigenvalue weighted by atomic mass is 35.7. The van der Waals surface area contributed by atoms with Crippen LogP contribution in [0.15, 0.2) is 130 Å². The van der Waals surface area contributed by atoms with Crippen molar-refractivity contribution in [3.05, 3.63) is 130 Å². The summed E-state index contributed by atoms with van der Waals surface area (Å²) in [5.41, 5.74) is 9.38. The van der Waals surface area contributed by atoms with Crippen molar-refractivity contribution in [2.75, 3.05) is 36.2 Å². The van der Waals surface area contributed by atoms with E-state index in [0.29, 0.717) is 33.4 Å². The van der Waals surface area contributed by atoms with Crippen molar-refractivity contribution in [1.82, 2.24) is 4.72 Å². The first-order valence-corrected chi connectivity index (χ1v) is 25.4. The molecule has 2 saturated heterocycles. The molecular weight excluding hydrogens is 955 g/mol. The summed E-state index contributed by atoms with van der Waals surface area (Å²) < 4.78 is 73.5. The lowest BCUT2D eigenvalue weighted by Crippen LogP contribution is -2.60. The molecular formula is C42H39Cl3N4O10S4. The second-order valence-corrected chi connectivity index (χ2v) is 22.6. The molecule has 4 aliphatic heterocycles. The number of thiophene rings is 2. The summed E-state index contributed by atoms with van der Waals surface area (Å²) in [6.07, 6.45) is -1.69. The molecule has 6 atom stereocenters. The topological polar surface area (TPSA) is 190 Å². The number of aliphatic hydroxyl groups is 2. The van der Waals surface area contributed by atoms with Crippen LogP contribution in [0.25, 0.3) is 0 Å². The Balaban J connectivity index is 0.000000147. The lowest BCUT2D eigenvalue weighted by molar-refractivity contribution is -0.0244. The summed E-state index contributed by atoms with van der Waals surface area (Å²) in [7, 11) is -2.43. The second-order valence-electron chi connectivity index (χ2n) is 14.5. The van der Waals surface area contributed by atoms with Gasteiger partial charge in [-0.3, -0.25) is 0 Å². The van der Waals surface area contributed by atoms with Gasteiger partial charge in [0.05, 0.1) is 94.2 Å². The van der Waals surface area contributed by atoms with Gasteiger partial charge >= 0.3 is 0 Å². The quantitative estimate of drug-likeness (QED) is 0.117. The maximum absolute atomic E-state index is 12.8. The van der Waals surface area contributed by atoms with E-state index in [4.69, 9.17) is 58.6 Å². The Morgan fingerprint density at radius 2 is 0.968 bits per heavy atom. The van der Waals surface area contributed by atoms with Crippen LogP contribution in [0.1, 0.15) is 0 Å². The number of fused-ring (bicyclic) bond motifs is 4. The SMILES string of the molecule is N[C@@H]1COC[C@H](N2c3ccccc3Oc3ccccc32)[C@H]1O.O=S(=O)(Cl)c1ccc(Cl)s1.O=S(=O)(N[C@@H]1COC[C@H](N2c3ccccc3Oc3ccccc32)[C@H]1O)c1ccc(Cl)s1. The van der Waals surface area contributed by atoms with Gasteiger partial charge in [0.1, 0.15) is 8.42 Å². The van der Waals surface area contributed by atoms with Crippen LogP contribution in [0.3, 0.4) is 0 Å². The number of halogens is 3. The monoisotopic (exact) mass is 992 g/mol. The number of benzene rings is 4. The minimum absolute atomic E-state index is 0.0592. The van der Waals surface area contributed by atoms with Crippen molar-refractivity contribution in [2.24, 2.45) is 5.73 Å². The Hall–Kier alpha value is -3.99. The standard InChI is InChI=1S/C21H19ClN2O5S2.C17H18N2O3.C4H2Cl2O2S2/c22-19-9-10-20(30-19)31(26,27)23-13-11-28-12-16(21(13)25)24-14-5-1-3-7-17(14)29-18-8-4-2-6-15(18)24;18-11-9-21-10-14(17(11)20)19-12-5-1-3-7-15(12)22-16-8-4-2-6-13(16)19;5-3-1-2-4(9-3)10(6,7)8/h1-10,13,16,21,23,25H,11-12H2;1-8,11,14,17,20H,9-10,18H2;1-2H/t13-,16+,21+;11-,14+,17+;/m11./s1. The van der Waals surface area contributed by atoms with E-state index in [1.54, 1.807) is 0 Å². The Labute approximate surface area is 386 Å². The fourth-order valence-electron chi connectivity index (χ4n) is 7.46. The number of anilines is 4. The van der Waals surface area contributed by atoms with Crippen molar-refractivity contribution >= 4 is 98.4 Å². The van der Waals surface area contributed by atoms with Crippen LogP contribution in [0, 0.1) is 0 Å². The lowest BCUT2D eigenvalue weighted by atomic mass is 9.98. The van der Waals surface area contributed by atoms with Gasteiger partial charge in [-0.25, -0.2) is 21.6 Å². The average molecular weight is 994 g/mol. The maximum atomic E-state index is 12.8. The van der Waals surface area contributed by atoms with Crippen LogP contribution in [0.4, 0.5) is 22.7 Å². The summed E-state index contributed by atoms with van der Waals surface area (Å²) in [4.78, 5) is 4.04. The molecule has 0 amide bonds. The first-order valence-electron chi connectivity index (χ1n) is 19.2. The van der Waals surface area contributed by atoms with Crippen molar-refractivity contribution in [1.29, 1.82) is 0 Å². The summed E-state index contributed by atoms with van der Waals surface area (Å²) in [6, 6.07) is 34.5. The number of ether oxygens (including phenoxy) is 4. The summed E-state index contributed by atoms with van der Waals surface area (Å²) in [5, 5.41) is 21.8. The fraction of sp³-hybridized carbons (Fsp3) is 0.238. The summed E-state index contributed by atoms with van der Waals surface area (Å²) in [6.45, 7) is 1.10. The van der Waals surface area contributed by atoms with Crippen LogP contribution >= 0.6 is 56.6 Å². The van der Waals surface area contributed by atoms with Gasteiger partial charge in [0.2, 0.25) is 0 Å². The largest absolute Gasteiger partial charge is 0.453 e. The molecule has 21 heteroatoms. The highest BCUT2D eigenvalue weighted by molar-refractivity contribution is 8.15. The van der Waals surface area contributed by atoms with Crippen LogP contribution in [0.2, 0.25) is 8.67 Å². The number of nitrogens with one attached hydrogen (secondary N) is 1. The molecule has 63 heavy (non-hydrogen) atoms. The zero-order chi connectivity index (χ0) is 44.5. The normalized spacial score (nSPS) is 22.6. The van der Waals surface area contributed by atoms with Crippen molar-refractivity contribution in [3.8, 4) is 23.0 Å². The van der Waals surface area contributed by atoms with Gasteiger partial charge in [0.15, 0.2) is 23.0 Å².